The second kappa shape index (κ2) is 8.58. The molecule has 0 atom stereocenters. The smallest absolute Gasteiger partial charge is 0.264 e. The Hall–Kier alpha value is -3.02. The van der Waals surface area contributed by atoms with Crippen molar-refractivity contribution in [3.63, 3.8) is 0 Å². The zero-order valence-corrected chi connectivity index (χ0v) is 14.8. The molecule has 0 unspecified atom stereocenters. The molecular formula is C18H14ClFN4O3. The molecule has 1 amide bonds. The first-order valence-corrected chi connectivity index (χ1v) is 8.39. The molecule has 2 heterocycles. The molecule has 7 nitrogen and oxygen atoms in total. The summed E-state index contributed by atoms with van der Waals surface area (Å²) in [7, 11) is 0. The topological polar surface area (TPSA) is 88.3 Å². The van der Waals surface area contributed by atoms with Crippen LogP contribution in [-0.4, -0.2) is 47.1 Å². The highest BCUT2D eigenvalue weighted by Crippen LogP contribution is 2.24. The van der Waals surface area contributed by atoms with E-state index in [1.165, 1.54) is 6.08 Å². The van der Waals surface area contributed by atoms with Crippen molar-refractivity contribution in [1.29, 1.82) is 5.26 Å². The molecular weight excluding hydrogens is 375 g/mol. The second-order valence-corrected chi connectivity index (χ2v) is 5.88. The summed E-state index contributed by atoms with van der Waals surface area (Å²) in [5, 5.41) is 9.17. The third kappa shape index (κ3) is 4.78. The summed E-state index contributed by atoms with van der Waals surface area (Å²) < 4.78 is 24.2. The van der Waals surface area contributed by atoms with E-state index in [2.05, 4.69) is 9.97 Å². The number of aromatic nitrogens is 2. The molecule has 0 N–H and O–H groups in total. The van der Waals surface area contributed by atoms with Crippen LogP contribution in [-0.2, 0) is 9.53 Å². The lowest BCUT2D eigenvalue weighted by Crippen LogP contribution is -2.41. The average molecular weight is 389 g/mol. The van der Waals surface area contributed by atoms with Gasteiger partial charge in [-0.2, -0.15) is 14.6 Å². The quantitative estimate of drug-likeness (QED) is 0.454. The van der Waals surface area contributed by atoms with Crippen molar-refractivity contribution >= 4 is 23.6 Å². The Bertz CT molecular complexity index is 906. The van der Waals surface area contributed by atoms with Crippen molar-refractivity contribution in [2.45, 2.75) is 0 Å². The minimum atomic E-state index is -0.744. The molecule has 0 spiro atoms. The monoisotopic (exact) mass is 388 g/mol. The van der Waals surface area contributed by atoms with Gasteiger partial charge in [-0.15, -0.1) is 0 Å². The number of hydrogen-bond acceptors (Lipinski definition) is 6. The SMILES string of the molecule is N#CC(=Cc1ccc(Oc2nc(Cl)ncc2F)cc1)C(=O)N1CCOCC1. The van der Waals surface area contributed by atoms with Crippen molar-refractivity contribution in [2.75, 3.05) is 26.3 Å². The number of carbonyl (C=O) groups is 1. The summed E-state index contributed by atoms with van der Waals surface area (Å²) in [5.74, 6) is -1.05. The molecule has 1 saturated heterocycles. The number of benzene rings is 1. The van der Waals surface area contributed by atoms with Crippen molar-refractivity contribution in [3.05, 3.63) is 52.7 Å². The van der Waals surface area contributed by atoms with Crippen LogP contribution < -0.4 is 4.74 Å². The fraction of sp³-hybridized carbons (Fsp3) is 0.222. The Balaban J connectivity index is 1.73. The Morgan fingerprint density at radius 2 is 2.04 bits per heavy atom. The van der Waals surface area contributed by atoms with E-state index >= 15 is 0 Å². The number of amides is 1. The number of nitrogens with zero attached hydrogens (tertiary/aromatic N) is 4. The first kappa shape index (κ1) is 18.8. The Kier molecular flexibility index (Phi) is 5.96. The largest absolute Gasteiger partial charge is 0.436 e. The van der Waals surface area contributed by atoms with Gasteiger partial charge in [0.2, 0.25) is 11.1 Å². The molecule has 1 aromatic carbocycles. The van der Waals surface area contributed by atoms with Gasteiger partial charge in [0.1, 0.15) is 17.4 Å². The van der Waals surface area contributed by atoms with E-state index in [0.717, 1.165) is 6.20 Å². The van der Waals surface area contributed by atoms with Gasteiger partial charge in [-0.25, -0.2) is 4.98 Å². The van der Waals surface area contributed by atoms with Gasteiger partial charge in [-0.1, -0.05) is 12.1 Å². The third-order valence-corrected chi connectivity index (χ3v) is 3.92. The Morgan fingerprint density at radius 1 is 1.33 bits per heavy atom. The highest BCUT2D eigenvalue weighted by Gasteiger charge is 2.20. The van der Waals surface area contributed by atoms with Gasteiger partial charge in [0, 0.05) is 13.1 Å². The molecule has 1 fully saturated rings. The van der Waals surface area contributed by atoms with E-state index in [0.29, 0.717) is 37.6 Å². The number of ether oxygens (including phenoxy) is 2. The minimum Gasteiger partial charge on any atom is -0.436 e. The van der Waals surface area contributed by atoms with Gasteiger partial charge in [-0.3, -0.25) is 4.79 Å². The summed E-state index contributed by atoms with van der Waals surface area (Å²) >= 11 is 5.62. The van der Waals surface area contributed by atoms with Gasteiger partial charge in [0.05, 0.1) is 19.4 Å². The maximum atomic E-state index is 13.6. The van der Waals surface area contributed by atoms with Crippen LogP contribution in [0.2, 0.25) is 5.28 Å². The summed E-state index contributed by atoms with van der Waals surface area (Å²) in [6, 6.07) is 8.34. The number of morpholine rings is 1. The van der Waals surface area contributed by atoms with E-state index < -0.39 is 5.82 Å². The summed E-state index contributed by atoms with van der Waals surface area (Å²) in [6.07, 6.45) is 2.40. The summed E-state index contributed by atoms with van der Waals surface area (Å²) in [5.41, 5.74) is 0.654. The van der Waals surface area contributed by atoms with E-state index in [9.17, 15) is 14.4 Å². The predicted octanol–water partition coefficient (Wildman–Crippen LogP) is 2.83. The fourth-order valence-corrected chi connectivity index (χ4v) is 2.52. The zero-order valence-electron chi connectivity index (χ0n) is 14.1. The highest BCUT2D eigenvalue weighted by molar-refractivity contribution is 6.28. The van der Waals surface area contributed by atoms with Crippen LogP contribution in [0.4, 0.5) is 4.39 Å². The molecule has 0 radical (unpaired) electrons. The Labute approximate surface area is 159 Å². The number of hydrogen-bond donors (Lipinski definition) is 0. The van der Waals surface area contributed by atoms with Crippen LogP contribution in [0.1, 0.15) is 5.56 Å². The number of halogens is 2. The lowest BCUT2D eigenvalue weighted by molar-refractivity contribution is -0.130. The lowest BCUT2D eigenvalue weighted by atomic mass is 10.1. The van der Waals surface area contributed by atoms with Gasteiger partial charge in [-0.05, 0) is 35.4 Å². The molecule has 3 rings (SSSR count). The van der Waals surface area contributed by atoms with Crippen LogP contribution in [0.25, 0.3) is 6.08 Å². The molecule has 0 aliphatic carbocycles. The van der Waals surface area contributed by atoms with Crippen LogP contribution in [0.5, 0.6) is 11.6 Å². The molecule has 9 heteroatoms. The molecule has 27 heavy (non-hydrogen) atoms. The molecule has 1 aliphatic heterocycles. The van der Waals surface area contributed by atoms with Crippen molar-refractivity contribution < 1.29 is 18.7 Å². The molecule has 0 saturated carbocycles. The van der Waals surface area contributed by atoms with E-state index in [1.807, 2.05) is 6.07 Å². The fourth-order valence-electron chi connectivity index (χ4n) is 2.39. The molecule has 2 aromatic rings. The van der Waals surface area contributed by atoms with Crippen LogP contribution in [0, 0.1) is 17.1 Å². The number of rotatable bonds is 4. The zero-order chi connectivity index (χ0) is 19.2. The van der Waals surface area contributed by atoms with E-state index in [-0.39, 0.29) is 22.6 Å². The molecule has 1 aromatic heterocycles. The van der Waals surface area contributed by atoms with Gasteiger partial charge in [0.25, 0.3) is 11.8 Å². The van der Waals surface area contributed by atoms with E-state index in [1.54, 1.807) is 29.2 Å². The van der Waals surface area contributed by atoms with Crippen LogP contribution >= 0.6 is 11.6 Å². The maximum Gasteiger partial charge on any atom is 0.264 e. The molecule has 1 aliphatic rings. The standard InChI is InChI=1S/C18H14ClFN4O3/c19-18-22-11-15(20)16(23-18)27-14-3-1-12(2-4-14)9-13(10-21)17(25)24-5-7-26-8-6-24/h1-4,9,11H,5-8H2. The van der Waals surface area contributed by atoms with E-state index in [4.69, 9.17) is 21.1 Å². The maximum absolute atomic E-state index is 13.6. The summed E-state index contributed by atoms with van der Waals surface area (Å²) in [4.78, 5) is 21.2. The van der Waals surface area contributed by atoms with Crippen LogP contribution in [0.15, 0.2) is 36.0 Å². The van der Waals surface area contributed by atoms with Gasteiger partial charge >= 0.3 is 0 Å². The predicted molar refractivity (Wildman–Crippen MR) is 94.5 cm³/mol. The Morgan fingerprint density at radius 3 is 2.70 bits per heavy atom. The van der Waals surface area contributed by atoms with Crippen molar-refractivity contribution in [3.8, 4) is 17.7 Å². The first-order valence-electron chi connectivity index (χ1n) is 8.01. The first-order chi connectivity index (χ1) is 13.1. The van der Waals surface area contributed by atoms with Gasteiger partial charge in [0.15, 0.2) is 0 Å². The normalized spacial score (nSPS) is 14.6. The van der Waals surface area contributed by atoms with Crippen molar-refractivity contribution in [2.24, 2.45) is 0 Å². The molecule has 0 bridgehead atoms. The number of nitriles is 1. The van der Waals surface area contributed by atoms with Gasteiger partial charge < -0.3 is 14.4 Å². The highest BCUT2D eigenvalue weighted by atomic mass is 35.5. The minimum absolute atomic E-state index is 0.0270. The second-order valence-electron chi connectivity index (χ2n) is 5.54. The van der Waals surface area contributed by atoms with Crippen molar-refractivity contribution in [1.82, 2.24) is 14.9 Å². The third-order valence-electron chi connectivity index (χ3n) is 3.74. The number of carbonyl (C=O) groups excluding carboxylic acids is 1. The lowest BCUT2D eigenvalue weighted by Gasteiger charge is -2.26. The average Bonchev–Trinajstić information content (AvgIpc) is 2.70. The molecule has 138 valence electrons. The summed E-state index contributed by atoms with van der Waals surface area (Å²) in [6.45, 7) is 1.83. The van der Waals surface area contributed by atoms with Crippen LogP contribution in [0.3, 0.4) is 0 Å².